The monoisotopic (exact) mass is 151 g/mol. The number of halogens is 1. The van der Waals surface area contributed by atoms with Gasteiger partial charge in [0, 0.05) is 6.42 Å². The van der Waals surface area contributed by atoms with Crippen molar-refractivity contribution in [3.63, 3.8) is 0 Å². The summed E-state index contributed by atoms with van der Waals surface area (Å²) in [6.45, 7) is 2.01. The molecule has 9 heavy (non-hydrogen) atoms. The number of nitrogens with zero attached hydrogens (tertiary/aromatic N) is 1. The van der Waals surface area contributed by atoms with Crippen LogP contribution in [0.25, 0.3) is 0 Å². The Bertz CT molecular complexity index is 130. The van der Waals surface area contributed by atoms with Crippen LogP contribution in [0, 0.1) is 0 Å². The molecule has 0 aliphatic heterocycles. The van der Waals surface area contributed by atoms with E-state index in [-0.39, 0.29) is 17.9 Å². The summed E-state index contributed by atoms with van der Waals surface area (Å²) in [5.74, 6) is 0.806. The first-order chi connectivity index (χ1) is 3.43. The van der Waals surface area contributed by atoms with Gasteiger partial charge < -0.3 is 9.89 Å². The fourth-order valence-electron chi connectivity index (χ4n) is 0.428. The Morgan fingerprint density at radius 1 is 1.67 bits per heavy atom. The highest BCUT2D eigenvalue weighted by Crippen LogP contribution is 1.92. The van der Waals surface area contributed by atoms with Crippen LogP contribution >= 0.6 is 12.4 Å². The minimum Gasteiger partial charge on any atom is -0.449 e. The van der Waals surface area contributed by atoms with E-state index in [2.05, 4.69) is 4.98 Å². The molecular formula is C5H10ClNO2. The summed E-state index contributed by atoms with van der Waals surface area (Å²) in [6.07, 6.45) is 4.12. The molecule has 0 unspecified atom stereocenters. The van der Waals surface area contributed by atoms with E-state index < -0.39 is 0 Å². The predicted molar refractivity (Wildman–Crippen MR) is 36.7 cm³/mol. The van der Waals surface area contributed by atoms with Crippen LogP contribution in [-0.2, 0) is 6.42 Å². The molecular weight excluding hydrogens is 142 g/mol. The first-order valence-electron chi connectivity index (χ1n) is 2.32. The lowest BCUT2D eigenvalue weighted by molar-refractivity contribution is 0.501. The lowest BCUT2D eigenvalue weighted by Gasteiger charge is -1.77. The van der Waals surface area contributed by atoms with E-state index >= 15 is 0 Å². The summed E-state index contributed by atoms with van der Waals surface area (Å²) in [5, 5.41) is 0. The van der Waals surface area contributed by atoms with Crippen molar-refractivity contribution in [2.45, 2.75) is 13.3 Å². The van der Waals surface area contributed by atoms with E-state index in [0.29, 0.717) is 0 Å². The van der Waals surface area contributed by atoms with Gasteiger partial charge in [-0.3, -0.25) is 0 Å². The van der Waals surface area contributed by atoms with Gasteiger partial charge >= 0.3 is 0 Å². The molecule has 0 spiro atoms. The third-order valence-corrected chi connectivity index (χ3v) is 0.786. The van der Waals surface area contributed by atoms with Crippen LogP contribution < -0.4 is 0 Å². The van der Waals surface area contributed by atoms with Gasteiger partial charge in [-0.1, -0.05) is 6.92 Å². The van der Waals surface area contributed by atoms with Crippen LogP contribution in [0.15, 0.2) is 16.9 Å². The van der Waals surface area contributed by atoms with Gasteiger partial charge in [0.2, 0.25) is 0 Å². The van der Waals surface area contributed by atoms with Crippen molar-refractivity contribution in [2.75, 3.05) is 0 Å². The molecule has 0 bridgehead atoms. The standard InChI is InChI=1S/C5H7NO.ClH.H2O/c1-2-5-6-3-4-7-5;;/h3-4H,2H2,1H3;1H;1H2. The van der Waals surface area contributed by atoms with Crippen LogP contribution in [0.2, 0.25) is 0 Å². The molecule has 0 radical (unpaired) electrons. The predicted octanol–water partition coefficient (Wildman–Crippen LogP) is 0.834. The van der Waals surface area contributed by atoms with Gasteiger partial charge in [0.1, 0.15) is 6.26 Å². The second-order valence-corrected chi connectivity index (χ2v) is 1.28. The first kappa shape index (κ1) is 11.3. The summed E-state index contributed by atoms with van der Waals surface area (Å²) in [7, 11) is 0. The van der Waals surface area contributed by atoms with Gasteiger partial charge in [-0.25, -0.2) is 4.98 Å². The van der Waals surface area contributed by atoms with Gasteiger partial charge in [0.15, 0.2) is 5.89 Å². The van der Waals surface area contributed by atoms with Crippen LogP contribution in [0.4, 0.5) is 0 Å². The normalized spacial score (nSPS) is 7.22. The van der Waals surface area contributed by atoms with E-state index in [1.165, 1.54) is 0 Å². The average Bonchev–Trinajstić information content (AvgIpc) is 2.14. The molecule has 3 nitrogen and oxygen atoms in total. The zero-order chi connectivity index (χ0) is 5.11. The number of hydrogen-bond donors (Lipinski definition) is 0. The zero-order valence-corrected chi connectivity index (χ0v) is 5.94. The summed E-state index contributed by atoms with van der Waals surface area (Å²) in [5.41, 5.74) is 0. The van der Waals surface area contributed by atoms with Crippen LogP contribution in [-0.4, -0.2) is 10.5 Å². The highest BCUT2D eigenvalue weighted by molar-refractivity contribution is 5.85. The summed E-state index contributed by atoms with van der Waals surface area (Å²) in [4.78, 5) is 3.87. The van der Waals surface area contributed by atoms with Gasteiger partial charge in [0.25, 0.3) is 0 Å². The minimum absolute atomic E-state index is 0. The molecule has 1 aromatic heterocycles. The molecule has 2 N–H and O–H groups in total. The molecule has 1 heterocycles. The topological polar surface area (TPSA) is 57.5 Å². The smallest absolute Gasteiger partial charge is 0.193 e. The van der Waals surface area contributed by atoms with Crippen molar-refractivity contribution < 1.29 is 9.89 Å². The first-order valence-corrected chi connectivity index (χ1v) is 2.32. The molecule has 0 atom stereocenters. The third kappa shape index (κ3) is 3.11. The Balaban J connectivity index is 0. The molecule has 4 heteroatoms. The Morgan fingerprint density at radius 2 is 2.33 bits per heavy atom. The average molecular weight is 152 g/mol. The van der Waals surface area contributed by atoms with E-state index in [1.54, 1.807) is 12.5 Å². The molecule has 0 fully saturated rings. The van der Waals surface area contributed by atoms with Gasteiger partial charge in [-0.2, -0.15) is 0 Å². The SMILES string of the molecule is CCc1ncco1.Cl.O. The molecule has 1 rings (SSSR count). The molecule has 0 saturated carbocycles. The molecule has 0 aliphatic carbocycles. The molecule has 0 aliphatic rings. The quantitative estimate of drug-likeness (QED) is 0.597. The van der Waals surface area contributed by atoms with Gasteiger partial charge in [0.05, 0.1) is 6.20 Å². The number of hydrogen-bond acceptors (Lipinski definition) is 2. The number of aromatic nitrogens is 1. The zero-order valence-electron chi connectivity index (χ0n) is 5.13. The van der Waals surface area contributed by atoms with E-state index in [4.69, 9.17) is 4.42 Å². The summed E-state index contributed by atoms with van der Waals surface area (Å²) >= 11 is 0. The second-order valence-electron chi connectivity index (χ2n) is 1.28. The lowest BCUT2D eigenvalue weighted by atomic mass is 10.5. The Labute approximate surface area is 59.8 Å². The van der Waals surface area contributed by atoms with Crippen molar-refractivity contribution in [2.24, 2.45) is 0 Å². The van der Waals surface area contributed by atoms with E-state index in [0.717, 1.165) is 12.3 Å². The Kier molecular flexibility index (Phi) is 7.01. The highest BCUT2D eigenvalue weighted by Gasteiger charge is 1.86. The molecule has 0 aromatic carbocycles. The minimum atomic E-state index is 0. The van der Waals surface area contributed by atoms with Crippen LogP contribution in [0.1, 0.15) is 12.8 Å². The third-order valence-electron chi connectivity index (χ3n) is 0.786. The largest absolute Gasteiger partial charge is 0.449 e. The summed E-state index contributed by atoms with van der Waals surface area (Å²) < 4.78 is 4.87. The lowest BCUT2D eigenvalue weighted by Crippen LogP contribution is -1.73. The van der Waals surface area contributed by atoms with E-state index in [1.807, 2.05) is 6.92 Å². The van der Waals surface area contributed by atoms with Crippen LogP contribution in [0.3, 0.4) is 0 Å². The van der Waals surface area contributed by atoms with Crippen molar-refractivity contribution in [3.8, 4) is 0 Å². The molecule has 0 amide bonds. The molecule has 54 valence electrons. The molecule has 1 aromatic rings. The van der Waals surface area contributed by atoms with Crippen molar-refractivity contribution in [1.82, 2.24) is 4.98 Å². The number of aryl methyl sites for hydroxylation is 1. The molecule has 0 saturated heterocycles. The van der Waals surface area contributed by atoms with Crippen molar-refractivity contribution in [3.05, 3.63) is 18.4 Å². The number of oxazole rings is 1. The highest BCUT2D eigenvalue weighted by atomic mass is 35.5. The second kappa shape index (κ2) is 5.59. The maximum atomic E-state index is 4.87. The number of rotatable bonds is 1. The Morgan fingerprint density at radius 3 is 2.56 bits per heavy atom. The van der Waals surface area contributed by atoms with Crippen molar-refractivity contribution in [1.29, 1.82) is 0 Å². The summed E-state index contributed by atoms with van der Waals surface area (Å²) in [6, 6.07) is 0. The van der Waals surface area contributed by atoms with Crippen molar-refractivity contribution >= 4 is 12.4 Å². The van der Waals surface area contributed by atoms with Gasteiger partial charge in [-0.05, 0) is 0 Å². The van der Waals surface area contributed by atoms with Crippen LogP contribution in [0.5, 0.6) is 0 Å². The maximum Gasteiger partial charge on any atom is 0.193 e. The Hall–Kier alpha value is -0.540. The van der Waals surface area contributed by atoms with Gasteiger partial charge in [-0.15, -0.1) is 12.4 Å². The maximum absolute atomic E-state index is 4.87. The van der Waals surface area contributed by atoms with E-state index in [9.17, 15) is 0 Å². The fourth-order valence-corrected chi connectivity index (χ4v) is 0.428. The fraction of sp³-hybridized carbons (Fsp3) is 0.400.